The maximum Gasteiger partial charge on any atom is 0.123 e. The number of aryl methyl sites for hydroxylation is 1. The summed E-state index contributed by atoms with van der Waals surface area (Å²) in [5.41, 5.74) is 1.09. The first kappa shape index (κ1) is 12.9. The fourth-order valence-electron chi connectivity index (χ4n) is 1.24. The Balaban J connectivity index is 0.000000160. The van der Waals surface area contributed by atoms with E-state index in [2.05, 4.69) is 11.9 Å². The molecule has 1 aliphatic carbocycles. The van der Waals surface area contributed by atoms with Crippen LogP contribution in [0.25, 0.3) is 0 Å². The van der Waals surface area contributed by atoms with E-state index in [4.69, 9.17) is 0 Å². The van der Waals surface area contributed by atoms with Gasteiger partial charge in [-0.15, -0.1) is 6.58 Å². The third-order valence-electron chi connectivity index (χ3n) is 2.43. The van der Waals surface area contributed by atoms with Crippen molar-refractivity contribution in [1.29, 1.82) is 0 Å². The molecule has 1 aromatic carbocycles. The van der Waals surface area contributed by atoms with Gasteiger partial charge in [-0.05, 0) is 44.4 Å². The number of hydrogen-bond donors (Lipinski definition) is 1. The van der Waals surface area contributed by atoms with Gasteiger partial charge >= 0.3 is 0 Å². The molecule has 1 saturated carbocycles. The molecular formula is C14H20FN. The van der Waals surface area contributed by atoms with Gasteiger partial charge in [-0.25, -0.2) is 4.39 Å². The van der Waals surface area contributed by atoms with Crippen LogP contribution >= 0.6 is 0 Å². The smallest absolute Gasteiger partial charge is 0.123 e. The Kier molecular flexibility index (Phi) is 5.79. The van der Waals surface area contributed by atoms with E-state index in [1.807, 2.05) is 13.0 Å². The molecular weight excluding hydrogens is 201 g/mol. The predicted molar refractivity (Wildman–Crippen MR) is 66.9 cm³/mol. The molecule has 1 aromatic rings. The Hall–Kier alpha value is -1.15. The maximum atomic E-state index is 12.1. The van der Waals surface area contributed by atoms with Gasteiger partial charge in [-0.1, -0.05) is 23.8 Å². The Labute approximate surface area is 97.4 Å². The van der Waals surface area contributed by atoms with Gasteiger partial charge in [-0.2, -0.15) is 0 Å². The van der Waals surface area contributed by atoms with E-state index in [0.29, 0.717) is 0 Å². The van der Waals surface area contributed by atoms with Crippen molar-refractivity contribution in [2.24, 2.45) is 5.92 Å². The van der Waals surface area contributed by atoms with E-state index in [9.17, 15) is 4.39 Å². The van der Waals surface area contributed by atoms with Gasteiger partial charge in [0, 0.05) is 6.54 Å². The zero-order valence-electron chi connectivity index (χ0n) is 9.88. The van der Waals surface area contributed by atoms with Crippen LogP contribution in [0.15, 0.2) is 36.9 Å². The van der Waals surface area contributed by atoms with Crippen LogP contribution in [-0.4, -0.2) is 13.1 Å². The van der Waals surface area contributed by atoms with E-state index >= 15 is 0 Å². The minimum Gasteiger partial charge on any atom is -0.313 e. The van der Waals surface area contributed by atoms with Crippen molar-refractivity contribution in [3.8, 4) is 0 Å². The molecule has 0 spiro atoms. The van der Waals surface area contributed by atoms with Gasteiger partial charge in [0.05, 0.1) is 0 Å². The highest BCUT2D eigenvalue weighted by molar-refractivity contribution is 5.13. The van der Waals surface area contributed by atoms with Crippen molar-refractivity contribution >= 4 is 0 Å². The van der Waals surface area contributed by atoms with E-state index in [1.165, 1.54) is 31.5 Å². The van der Waals surface area contributed by atoms with E-state index in [1.54, 1.807) is 12.1 Å². The van der Waals surface area contributed by atoms with Gasteiger partial charge in [0.1, 0.15) is 5.82 Å². The molecule has 0 bridgehead atoms. The predicted octanol–water partition coefficient (Wildman–Crippen LogP) is 3.31. The molecule has 0 saturated heterocycles. The first-order chi connectivity index (χ1) is 7.72. The molecule has 0 aliphatic heterocycles. The molecule has 2 heteroatoms. The summed E-state index contributed by atoms with van der Waals surface area (Å²) in [5, 5.41) is 3.28. The maximum absolute atomic E-state index is 12.1. The summed E-state index contributed by atoms with van der Waals surface area (Å²) in [5.74, 6) is 0.825. The van der Waals surface area contributed by atoms with Gasteiger partial charge < -0.3 is 5.32 Å². The Morgan fingerprint density at radius 2 is 2.00 bits per heavy atom. The summed E-state index contributed by atoms with van der Waals surface area (Å²) >= 11 is 0. The molecule has 0 aromatic heterocycles. The van der Waals surface area contributed by atoms with Gasteiger partial charge in [0.2, 0.25) is 0 Å². The minimum atomic E-state index is -0.171. The third-order valence-corrected chi connectivity index (χ3v) is 2.43. The normalized spacial score (nSPS) is 13.9. The van der Waals surface area contributed by atoms with Gasteiger partial charge in [0.25, 0.3) is 0 Å². The Bertz CT molecular complexity index is 280. The highest BCUT2D eigenvalue weighted by Gasteiger charge is 2.19. The van der Waals surface area contributed by atoms with E-state index < -0.39 is 0 Å². The number of nitrogens with one attached hydrogen (secondary N) is 1. The van der Waals surface area contributed by atoms with Crippen molar-refractivity contribution in [2.75, 3.05) is 13.1 Å². The molecule has 0 atom stereocenters. The highest BCUT2D eigenvalue weighted by atomic mass is 19.1. The lowest BCUT2D eigenvalue weighted by molar-refractivity contribution is 0.627. The fourth-order valence-corrected chi connectivity index (χ4v) is 1.24. The van der Waals surface area contributed by atoms with Crippen molar-refractivity contribution < 1.29 is 4.39 Å². The molecule has 2 rings (SSSR count). The fraction of sp³-hybridized carbons (Fsp3) is 0.429. The summed E-state index contributed by atoms with van der Waals surface area (Å²) in [6.45, 7) is 7.71. The van der Waals surface area contributed by atoms with E-state index in [-0.39, 0.29) is 5.82 Å². The van der Waals surface area contributed by atoms with Crippen LogP contribution < -0.4 is 5.32 Å². The summed E-state index contributed by atoms with van der Waals surface area (Å²) in [7, 11) is 0. The molecule has 1 fully saturated rings. The number of halogens is 1. The number of hydrogen-bond acceptors (Lipinski definition) is 1. The second kappa shape index (κ2) is 7.18. The van der Waals surface area contributed by atoms with Crippen molar-refractivity contribution in [1.82, 2.24) is 5.32 Å². The first-order valence-corrected chi connectivity index (χ1v) is 5.76. The highest BCUT2D eigenvalue weighted by Crippen LogP contribution is 2.27. The van der Waals surface area contributed by atoms with Crippen LogP contribution in [0.3, 0.4) is 0 Å². The topological polar surface area (TPSA) is 12.0 Å². The second-order valence-electron chi connectivity index (χ2n) is 4.19. The van der Waals surface area contributed by atoms with E-state index in [0.717, 1.165) is 18.0 Å². The zero-order chi connectivity index (χ0) is 11.8. The average molecular weight is 221 g/mol. The second-order valence-corrected chi connectivity index (χ2v) is 4.19. The molecule has 88 valence electrons. The zero-order valence-corrected chi connectivity index (χ0v) is 9.88. The molecule has 0 radical (unpaired) electrons. The van der Waals surface area contributed by atoms with Gasteiger partial charge in [0.15, 0.2) is 0 Å². The van der Waals surface area contributed by atoms with Crippen LogP contribution in [0.5, 0.6) is 0 Å². The van der Waals surface area contributed by atoms with Crippen molar-refractivity contribution in [3.05, 3.63) is 48.3 Å². The summed E-state index contributed by atoms with van der Waals surface area (Å²) in [6, 6.07) is 6.40. The monoisotopic (exact) mass is 221 g/mol. The van der Waals surface area contributed by atoms with Crippen LogP contribution in [0.1, 0.15) is 18.4 Å². The standard InChI is InChI=1S/C7H7F.C7H13N/c1-6-2-4-7(8)5-3-6;1-2-5-8-6-7-3-4-7/h2-5H,1H3;2,7-8H,1,3-6H2. The largest absolute Gasteiger partial charge is 0.313 e. The SMILES string of the molecule is C=CCNCC1CC1.Cc1ccc(F)cc1. The average Bonchev–Trinajstić information content (AvgIpc) is 3.08. The third kappa shape index (κ3) is 6.36. The van der Waals surface area contributed by atoms with Crippen molar-refractivity contribution in [2.45, 2.75) is 19.8 Å². The van der Waals surface area contributed by atoms with Gasteiger partial charge in [-0.3, -0.25) is 0 Å². The molecule has 0 heterocycles. The molecule has 16 heavy (non-hydrogen) atoms. The molecule has 1 nitrogen and oxygen atoms in total. The summed E-state index contributed by atoms with van der Waals surface area (Å²) in [4.78, 5) is 0. The van der Waals surface area contributed by atoms with Crippen LogP contribution in [-0.2, 0) is 0 Å². The van der Waals surface area contributed by atoms with Crippen LogP contribution in [0, 0.1) is 18.7 Å². The summed E-state index contributed by atoms with van der Waals surface area (Å²) < 4.78 is 12.1. The molecule has 1 N–H and O–H groups in total. The van der Waals surface area contributed by atoms with Crippen LogP contribution in [0.2, 0.25) is 0 Å². The summed E-state index contributed by atoms with van der Waals surface area (Å²) in [6.07, 6.45) is 4.77. The lowest BCUT2D eigenvalue weighted by Crippen LogP contribution is -2.15. The minimum absolute atomic E-state index is 0.171. The Morgan fingerprint density at radius 3 is 2.44 bits per heavy atom. The molecule has 1 aliphatic rings. The first-order valence-electron chi connectivity index (χ1n) is 5.76. The molecule has 0 unspecified atom stereocenters. The quantitative estimate of drug-likeness (QED) is 0.607. The number of benzene rings is 1. The van der Waals surface area contributed by atoms with Crippen molar-refractivity contribution in [3.63, 3.8) is 0 Å². The Morgan fingerprint density at radius 1 is 1.38 bits per heavy atom. The lowest BCUT2D eigenvalue weighted by Gasteiger charge is -1.95. The number of rotatable bonds is 4. The molecule has 0 amide bonds. The lowest BCUT2D eigenvalue weighted by atomic mass is 10.2. The van der Waals surface area contributed by atoms with Crippen LogP contribution in [0.4, 0.5) is 4.39 Å².